The molecule has 0 fully saturated rings. The molecule has 2 aromatic rings. The summed E-state index contributed by atoms with van der Waals surface area (Å²) in [6.45, 7) is 0. The molecule has 0 radical (unpaired) electrons. The lowest BCUT2D eigenvalue weighted by molar-refractivity contribution is 0.0687. The van der Waals surface area contributed by atoms with Crippen molar-refractivity contribution in [1.82, 2.24) is 9.78 Å². The highest BCUT2D eigenvalue weighted by Crippen LogP contribution is 2.20. The van der Waals surface area contributed by atoms with Crippen molar-refractivity contribution in [3.8, 4) is 5.69 Å². The van der Waals surface area contributed by atoms with Crippen molar-refractivity contribution in [2.24, 2.45) is 0 Å². The molecular formula is C10H7ClN2O2. The van der Waals surface area contributed by atoms with E-state index in [9.17, 15) is 4.79 Å². The van der Waals surface area contributed by atoms with Crippen LogP contribution >= 0.6 is 11.6 Å². The molecular weight excluding hydrogens is 216 g/mol. The fraction of sp³-hybridized carbons (Fsp3) is 0. The number of carboxylic acid groups (broad SMARTS) is 1. The van der Waals surface area contributed by atoms with Gasteiger partial charge in [-0.05, 0) is 18.2 Å². The minimum absolute atomic E-state index is 0.0862. The van der Waals surface area contributed by atoms with Gasteiger partial charge in [0.15, 0.2) is 5.69 Å². The van der Waals surface area contributed by atoms with Crippen LogP contribution in [0.25, 0.3) is 5.69 Å². The molecule has 15 heavy (non-hydrogen) atoms. The van der Waals surface area contributed by atoms with Crippen LogP contribution in [-0.4, -0.2) is 20.9 Å². The van der Waals surface area contributed by atoms with E-state index in [0.29, 0.717) is 10.7 Å². The quantitative estimate of drug-likeness (QED) is 0.848. The van der Waals surface area contributed by atoms with E-state index in [0.717, 1.165) is 0 Å². The first kappa shape index (κ1) is 9.73. The predicted molar refractivity (Wildman–Crippen MR) is 55.5 cm³/mol. The molecule has 4 nitrogen and oxygen atoms in total. The number of benzene rings is 1. The molecule has 1 N–H and O–H groups in total. The van der Waals surface area contributed by atoms with Gasteiger partial charge < -0.3 is 5.11 Å². The molecule has 1 aromatic heterocycles. The van der Waals surface area contributed by atoms with Crippen molar-refractivity contribution in [2.75, 3.05) is 0 Å². The van der Waals surface area contributed by atoms with Crippen molar-refractivity contribution in [3.05, 3.63) is 47.2 Å². The number of carbonyl (C=O) groups is 1. The maximum absolute atomic E-state index is 10.9. The van der Waals surface area contributed by atoms with Gasteiger partial charge in [0.1, 0.15) is 0 Å². The molecule has 0 amide bonds. The largest absolute Gasteiger partial charge is 0.477 e. The first-order valence-electron chi connectivity index (χ1n) is 4.22. The van der Waals surface area contributed by atoms with Crippen molar-refractivity contribution >= 4 is 17.6 Å². The molecule has 0 atom stereocenters. The number of hydrogen-bond donors (Lipinski definition) is 1. The Bertz CT molecular complexity index is 508. The van der Waals surface area contributed by atoms with E-state index in [1.165, 1.54) is 16.9 Å². The summed E-state index contributed by atoms with van der Waals surface area (Å²) in [6.07, 6.45) is 1.42. The van der Waals surface area contributed by atoms with Crippen LogP contribution in [0.4, 0.5) is 0 Å². The van der Waals surface area contributed by atoms with Gasteiger partial charge in [0.2, 0.25) is 0 Å². The van der Waals surface area contributed by atoms with Gasteiger partial charge in [-0.25, -0.2) is 9.48 Å². The van der Waals surface area contributed by atoms with Crippen LogP contribution < -0.4 is 0 Å². The SMILES string of the molecule is O=C(O)c1ccnn1-c1ccccc1Cl. The summed E-state index contributed by atoms with van der Waals surface area (Å²) in [5, 5.41) is 13.3. The van der Waals surface area contributed by atoms with Crippen molar-refractivity contribution in [1.29, 1.82) is 0 Å². The Morgan fingerprint density at radius 1 is 1.33 bits per heavy atom. The molecule has 0 saturated carbocycles. The minimum atomic E-state index is -1.03. The third-order valence-electron chi connectivity index (χ3n) is 1.94. The van der Waals surface area contributed by atoms with Crippen molar-refractivity contribution in [3.63, 3.8) is 0 Å². The second kappa shape index (κ2) is 3.74. The van der Waals surface area contributed by atoms with Gasteiger partial charge in [0.05, 0.1) is 16.9 Å². The highest BCUT2D eigenvalue weighted by Gasteiger charge is 2.13. The van der Waals surface area contributed by atoms with Crippen molar-refractivity contribution in [2.45, 2.75) is 0 Å². The van der Waals surface area contributed by atoms with Gasteiger partial charge in [0.25, 0.3) is 0 Å². The summed E-state index contributed by atoms with van der Waals surface area (Å²) in [6, 6.07) is 8.36. The van der Waals surface area contributed by atoms with Crippen LogP contribution in [-0.2, 0) is 0 Å². The summed E-state index contributed by atoms with van der Waals surface area (Å²) >= 11 is 5.94. The van der Waals surface area contributed by atoms with E-state index >= 15 is 0 Å². The fourth-order valence-corrected chi connectivity index (χ4v) is 1.50. The normalized spacial score (nSPS) is 10.2. The second-order valence-corrected chi connectivity index (χ2v) is 3.29. The van der Waals surface area contributed by atoms with Crippen LogP contribution in [0.1, 0.15) is 10.5 Å². The maximum Gasteiger partial charge on any atom is 0.354 e. The monoisotopic (exact) mass is 222 g/mol. The molecule has 0 unspecified atom stereocenters. The third kappa shape index (κ3) is 1.71. The average molecular weight is 223 g/mol. The number of aromatic nitrogens is 2. The first-order chi connectivity index (χ1) is 7.20. The second-order valence-electron chi connectivity index (χ2n) is 2.88. The number of nitrogens with zero attached hydrogens (tertiary/aromatic N) is 2. The molecule has 0 aliphatic heterocycles. The zero-order valence-electron chi connectivity index (χ0n) is 7.59. The molecule has 1 aromatic carbocycles. The van der Waals surface area contributed by atoms with Gasteiger partial charge in [-0.15, -0.1) is 0 Å². The topological polar surface area (TPSA) is 55.1 Å². The van der Waals surface area contributed by atoms with Crippen LogP contribution in [0.15, 0.2) is 36.5 Å². The molecule has 0 aliphatic rings. The molecule has 1 heterocycles. The van der Waals surface area contributed by atoms with Gasteiger partial charge in [-0.1, -0.05) is 23.7 Å². The Hall–Kier alpha value is -1.81. The van der Waals surface area contributed by atoms with Gasteiger partial charge >= 0.3 is 5.97 Å². The Balaban J connectivity index is 2.59. The molecule has 2 rings (SSSR count). The summed E-state index contributed by atoms with van der Waals surface area (Å²) in [5.41, 5.74) is 0.643. The molecule has 0 aliphatic carbocycles. The summed E-state index contributed by atoms with van der Waals surface area (Å²) in [7, 11) is 0. The van der Waals surface area contributed by atoms with Crippen LogP contribution in [0.3, 0.4) is 0 Å². The summed E-state index contributed by atoms with van der Waals surface area (Å²) in [4.78, 5) is 10.9. The first-order valence-corrected chi connectivity index (χ1v) is 4.60. The Morgan fingerprint density at radius 3 is 2.73 bits per heavy atom. The van der Waals surface area contributed by atoms with Gasteiger partial charge in [0, 0.05) is 0 Å². The Morgan fingerprint density at radius 2 is 2.07 bits per heavy atom. The molecule has 76 valence electrons. The van der Waals surface area contributed by atoms with Gasteiger partial charge in [-0.2, -0.15) is 5.10 Å². The van der Waals surface area contributed by atoms with Crippen LogP contribution in [0.5, 0.6) is 0 Å². The van der Waals surface area contributed by atoms with Crippen molar-refractivity contribution < 1.29 is 9.90 Å². The van der Waals surface area contributed by atoms with Gasteiger partial charge in [-0.3, -0.25) is 0 Å². The Kier molecular flexibility index (Phi) is 2.43. The minimum Gasteiger partial charge on any atom is -0.477 e. The van der Waals surface area contributed by atoms with E-state index in [4.69, 9.17) is 16.7 Å². The lowest BCUT2D eigenvalue weighted by Crippen LogP contribution is -2.08. The number of carboxylic acids is 1. The van der Waals surface area contributed by atoms with E-state index in [1.54, 1.807) is 24.3 Å². The zero-order valence-corrected chi connectivity index (χ0v) is 8.35. The highest BCUT2D eigenvalue weighted by molar-refractivity contribution is 6.32. The fourth-order valence-electron chi connectivity index (χ4n) is 1.28. The molecule has 0 bridgehead atoms. The number of para-hydroxylation sites is 1. The summed E-state index contributed by atoms with van der Waals surface area (Å²) in [5.74, 6) is -1.03. The number of rotatable bonds is 2. The smallest absolute Gasteiger partial charge is 0.354 e. The standard InChI is InChI=1S/C10H7ClN2O2/c11-7-3-1-2-4-8(7)13-9(10(14)15)5-6-12-13/h1-6H,(H,14,15). The van der Waals surface area contributed by atoms with E-state index in [-0.39, 0.29) is 5.69 Å². The van der Waals surface area contributed by atoms with Crippen LogP contribution in [0, 0.1) is 0 Å². The lowest BCUT2D eigenvalue weighted by Gasteiger charge is -2.05. The number of hydrogen-bond acceptors (Lipinski definition) is 2. The average Bonchev–Trinajstić information content (AvgIpc) is 2.67. The maximum atomic E-state index is 10.9. The highest BCUT2D eigenvalue weighted by atomic mass is 35.5. The molecule has 5 heteroatoms. The summed E-state index contributed by atoms with van der Waals surface area (Å²) < 4.78 is 1.30. The van der Waals surface area contributed by atoms with Crippen LogP contribution in [0.2, 0.25) is 5.02 Å². The molecule has 0 spiro atoms. The zero-order chi connectivity index (χ0) is 10.8. The molecule has 0 saturated heterocycles. The lowest BCUT2D eigenvalue weighted by atomic mass is 10.3. The predicted octanol–water partition coefficient (Wildman–Crippen LogP) is 2.22. The van der Waals surface area contributed by atoms with E-state index in [2.05, 4.69) is 5.10 Å². The van der Waals surface area contributed by atoms with E-state index in [1.807, 2.05) is 0 Å². The van der Waals surface area contributed by atoms with E-state index < -0.39 is 5.97 Å². The number of halogens is 1. The third-order valence-corrected chi connectivity index (χ3v) is 2.26. The Labute approximate surface area is 90.7 Å². The number of aromatic carboxylic acids is 1.